The number of benzene rings is 1. The first-order valence-electron chi connectivity index (χ1n) is 6.61. The van der Waals surface area contributed by atoms with Gasteiger partial charge < -0.3 is 15.4 Å². The lowest BCUT2D eigenvalue weighted by atomic mass is 10.2. The van der Waals surface area contributed by atoms with Crippen LogP contribution in [-0.4, -0.2) is 20.6 Å². The third-order valence-electron chi connectivity index (χ3n) is 3.22. The highest BCUT2D eigenvalue weighted by atomic mass is 19.1. The minimum absolute atomic E-state index is 0.242. The number of halogens is 1. The number of amides is 1. The maximum Gasteiger partial charge on any atom is 0.390 e. The van der Waals surface area contributed by atoms with Crippen LogP contribution in [0, 0.1) is 22.9 Å². The van der Waals surface area contributed by atoms with Crippen LogP contribution in [0.2, 0.25) is 0 Å². The first-order valence-corrected chi connectivity index (χ1v) is 6.61. The molecule has 2 aromatic rings. The molecule has 0 spiro atoms. The highest BCUT2D eigenvalue weighted by Crippen LogP contribution is 2.16. The summed E-state index contributed by atoms with van der Waals surface area (Å²) in [6, 6.07) is 6.39. The van der Waals surface area contributed by atoms with Crippen LogP contribution in [-0.2, 0) is 11.3 Å². The minimum Gasteiger partial charge on any atom is -0.358 e. The quantitative estimate of drug-likeness (QED) is 0.676. The van der Waals surface area contributed by atoms with E-state index in [0.29, 0.717) is 5.69 Å². The van der Waals surface area contributed by atoms with Gasteiger partial charge in [0.1, 0.15) is 11.9 Å². The summed E-state index contributed by atoms with van der Waals surface area (Å²) in [7, 11) is 0. The Morgan fingerprint density at radius 1 is 1.45 bits per heavy atom. The van der Waals surface area contributed by atoms with Crippen molar-refractivity contribution in [1.82, 2.24) is 15.1 Å². The van der Waals surface area contributed by atoms with Crippen LogP contribution in [0.3, 0.4) is 0 Å². The largest absolute Gasteiger partial charge is 0.390 e. The van der Waals surface area contributed by atoms with Crippen LogP contribution in [0.4, 0.5) is 10.2 Å². The Kier molecular flexibility index (Phi) is 4.50. The molecule has 0 bridgehead atoms. The van der Waals surface area contributed by atoms with Crippen molar-refractivity contribution in [1.29, 1.82) is 0 Å². The molecule has 7 nitrogen and oxygen atoms in total. The van der Waals surface area contributed by atoms with E-state index < -0.39 is 11.0 Å². The summed E-state index contributed by atoms with van der Waals surface area (Å²) in [4.78, 5) is 22.2. The van der Waals surface area contributed by atoms with Gasteiger partial charge in [-0.05, 0) is 36.5 Å². The Labute approximate surface area is 125 Å². The minimum atomic E-state index is -0.686. The van der Waals surface area contributed by atoms with Gasteiger partial charge in [-0.2, -0.15) is 4.68 Å². The third kappa shape index (κ3) is 3.46. The van der Waals surface area contributed by atoms with Crippen LogP contribution < -0.4 is 5.32 Å². The van der Waals surface area contributed by atoms with Crippen molar-refractivity contribution >= 4 is 11.7 Å². The van der Waals surface area contributed by atoms with Crippen molar-refractivity contribution in [2.24, 2.45) is 0 Å². The van der Waals surface area contributed by atoms with E-state index in [9.17, 15) is 19.3 Å². The Hall–Kier alpha value is -2.77. The zero-order chi connectivity index (χ0) is 16.3. The fourth-order valence-electron chi connectivity index (χ4n) is 2.00. The number of aromatic nitrogens is 2. The predicted octanol–water partition coefficient (Wildman–Crippen LogP) is 2.12. The molecule has 1 aromatic carbocycles. The summed E-state index contributed by atoms with van der Waals surface area (Å²) in [6.45, 7) is 3.49. The first-order chi connectivity index (χ1) is 10.4. The lowest BCUT2D eigenvalue weighted by Gasteiger charge is -2.11. The average molecular weight is 306 g/mol. The number of carbonyl (C=O) groups is 1. The van der Waals surface area contributed by atoms with Gasteiger partial charge in [0.05, 0.1) is 16.9 Å². The molecule has 1 unspecified atom stereocenters. The fraction of sp³-hybridized carbons (Fsp3) is 0.286. The van der Waals surface area contributed by atoms with Gasteiger partial charge >= 0.3 is 5.82 Å². The summed E-state index contributed by atoms with van der Waals surface area (Å²) >= 11 is 0. The van der Waals surface area contributed by atoms with Gasteiger partial charge in [-0.15, -0.1) is 0 Å². The molecule has 2 rings (SSSR count). The van der Waals surface area contributed by atoms with Crippen molar-refractivity contribution in [3.63, 3.8) is 0 Å². The monoisotopic (exact) mass is 306 g/mol. The second-order valence-electron chi connectivity index (χ2n) is 4.87. The molecule has 1 N–H and O–H groups in total. The van der Waals surface area contributed by atoms with E-state index in [0.717, 1.165) is 5.56 Å². The molecule has 116 valence electrons. The molecule has 1 atom stereocenters. The molecular formula is C14H15FN4O3. The first kappa shape index (κ1) is 15.6. The summed E-state index contributed by atoms with van der Waals surface area (Å²) in [5.74, 6) is -0.968. The highest BCUT2D eigenvalue weighted by Gasteiger charge is 2.24. The molecular weight excluding hydrogens is 291 g/mol. The van der Waals surface area contributed by atoms with E-state index >= 15 is 0 Å². The molecule has 0 aliphatic heterocycles. The van der Waals surface area contributed by atoms with Gasteiger partial charge in [-0.3, -0.25) is 4.79 Å². The fourth-order valence-corrected chi connectivity index (χ4v) is 2.00. The molecule has 1 amide bonds. The van der Waals surface area contributed by atoms with E-state index in [-0.39, 0.29) is 24.1 Å². The van der Waals surface area contributed by atoms with Gasteiger partial charge in [0.25, 0.3) is 0 Å². The zero-order valence-electron chi connectivity index (χ0n) is 12.1. The lowest BCUT2D eigenvalue weighted by molar-refractivity contribution is -0.389. The number of aryl methyl sites for hydroxylation is 1. The van der Waals surface area contributed by atoms with Crippen LogP contribution in [0.5, 0.6) is 0 Å². The molecule has 1 heterocycles. The second kappa shape index (κ2) is 6.33. The maximum atomic E-state index is 12.8. The van der Waals surface area contributed by atoms with Gasteiger partial charge in [-0.1, -0.05) is 12.1 Å². The van der Waals surface area contributed by atoms with Crippen LogP contribution >= 0.6 is 0 Å². The standard InChI is InChI=1S/C14H15FN4O3/c1-9-7-13(19(21)22)17-18(9)10(2)14(20)16-8-11-3-5-12(15)6-4-11/h3-7,10H,8H2,1-2H3,(H,16,20). The predicted molar refractivity (Wildman–Crippen MR) is 76.6 cm³/mol. The normalized spacial score (nSPS) is 12.0. The van der Waals surface area contributed by atoms with Crippen molar-refractivity contribution in [2.45, 2.75) is 26.4 Å². The molecule has 8 heteroatoms. The van der Waals surface area contributed by atoms with Crippen LogP contribution in [0.15, 0.2) is 30.3 Å². The number of hydrogen-bond donors (Lipinski definition) is 1. The van der Waals surface area contributed by atoms with Crippen LogP contribution in [0.25, 0.3) is 0 Å². The molecule has 0 aliphatic rings. The molecule has 0 saturated carbocycles. The Morgan fingerprint density at radius 3 is 2.64 bits per heavy atom. The smallest absolute Gasteiger partial charge is 0.358 e. The van der Waals surface area contributed by atoms with E-state index in [1.165, 1.54) is 22.9 Å². The molecule has 0 fully saturated rings. The molecule has 0 radical (unpaired) electrons. The zero-order valence-corrected chi connectivity index (χ0v) is 12.1. The van der Waals surface area contributed by atoms with Crippen molar-refractivity contribution in [3.8, 4) is 0 Å². The lowest BCUT2D eigenvalue weighted by Crippen LogP contribution is -2.31. The molecule has 0 aliphatic carbocycles. The van der Waals surface area contributed by atoms with E-state index in [1.807, 2.05) is 0 Å². The maximum absolute atomic E-state index is 12.8. The van der Waals surface area contributed by atoms with Gasteiger partial charge in [-0.25, -0.2) is 4.39 Å². The third-order valence-corrected chi connectivity index (χ3v) is 3.22. The Balaban J connectivity index is 2.02. The number of carbonyl (C=O) groups excluding carboxylic acids is 1. The van der Waals surface area contributed by atoms with E-state index in [4.69, 9.17) is 0 Å². The molecule has 1 aromatic heterocycles. The van der Waals surface area contributed by atoms with Gasteiger partial charge in [0, 0.05) is 6.54 Å². The second-order valence-corrected chi connectivity index (χ2v) is 4.87. The summed E-state index contributed by atoms with van der Waals surface area (Å²) in [5, 5.41) is 17.2. The molecule has 0 saturated heterocycles. The van der Waals surface area contributed by atoms with Crippen molar-refractivity contribution in [3.05, 3.63) is 57.5 Å². The van der Waals surface area contributed by atoms with Crippen LogP contribution in [0.1, 0.15) is 24.2 Å². The Morgan fingerprint density at radius 2 is 2.09 bits per heavy atom. The SMILES string of the molecule is Cc1cc([N+](=O)[O-])nn1C(C)C(=O)NCc1ccc(F)cc1. The number of rotatable bonds is 5. The van der Waals surface area contributed by atoms with Crippen molar-refractivity contribution < 1.29 is 14.1 Å². The Bertz CT molecular complexity index is 697. The van der Waals surface area contributed by atoms with Crippen molar-refractivity contribution in [2.75, 3.05) is 0 Å². The van der Waals surface area contributed by atoms with E-state index in [2.05, 4.69) is 10.4 Å². The van der Waals surface area contributed by atoms with E-state index in [1.54, 1.807) is 26.0 Å². The van der Waals surface area contributed by atoms with Gasteiger partial charge in [0.15, 0.2) is 0 Å². The topological polar surface area (TPSA) is 90.1 Å². The number of nitro groups is 1. The average Bonchev–Trinajstić information content (AvgIpc) is 2.88. The molecule has 22 heavy (non-hydrogen) atoms. The number of nitrogens with zero attached hydrogens (tertiary/aromatic N) is 3. The summed E-state index contributed by atoms with van der Waals surface area (Å²) in [6.07, 6.45) is 0. The summed E-state index contributed by atoms with van der Waals surface area (Å²) < 4.78 is 14.1. The highest BCUT2D eigenvalue weighted by molar-refractivity contribution is 5.79. The number of nitrogens with one attached hydrogen (secondary N) is 1. The summed E-state index contributed by atoms with van der Waals surface area (Å²) in [5.41, 5.74) is 1.28. The number of hydrogen-bond acceptors (Lipinski definition) is 4. The van der Waals surface area contributed by atoms with Gasteiger partial charge in [0.2, 0.25) is 5.91 Å².